The SMILES string of the molecule is C=Cn1c([N+](=O)[O-])cnc1/C=C/c1ccc(C(=O)NC)cc1. The van der Waals surface area contributed by atoms with Crippen molar-refractivity contribution in [1.29, 1.82) is 0 Å². The molecule has 112 valence electrons. The van der Waals surface area contributed by atoms with E-state index in [1.165, 1.54) is 17.0 Å². The Hall–Kier alpha value is -3.22. The maximum Gasteiger partial charge on any atom is 0.347 e. The molecule has 2 rings (SSSR count). The van der Waals surface area contributed by atoms with Gasteiger partial charge in [-0.15, -0.1) is 0 Å². The Bertz CT molecular complexity index is 745. The van der Waals surface area contributed by atoms with Gasteiger partial charge in [-0.2, -0.15) is 4.57 Å². The number of hydrogen-bond acceptors (Lipinski definition) is 4. The minimum absolute atomic E-state index is 0.149. The van der Waals surface area contributed by atoms with Gasteiger partial charge in [-0.05, 0) is 28.7 Å². The summed E-state index contributed by atoms with van der Waals surface area (Å²) in [6, 6.07) is 6.94. The van der Waals surface area contributed by atoms with Crippen LogP contribution in [0.3, 0.4) is 0 Å². The molecular formula is C15H14N4O3. The Labute approximate surface area is 126 Å². The summed E-state index contributed by atoms with van der Waals surface area (Å²) in [5.41, 5.74) is 1.40. The number of hydrogen-bond donors (Lipinski definition) is 1. The van der Waals surface area contributed by atoms with E-state index in [0.717, 1.165) is 5.56 Å². The summed E-state index contributed by atoms with van der Waals surface area (Å²) in [5, 5.41) is 13.4. The highest BCUT2D eigenvalue weighted by Gasteiger charge is 2.15. The smallest absolute Gasteiger partial charge is 0.347 e. The number of carbonyl (C=O) groups is 1. The van der Waals surface area contributed by atoms with E-state index in [4.69, 9.17) is 0 Å². The van der Waals surface area contributed by atoms with Gasteiger partial charge in [0.2, 0.25) is 5.82 Å². The average molecular weight is 298 g/mol. The summed E-state index contributed by atoms with van der Waals surface area (Å²) in [5.74, 6) is 0.0926. The summed E-state index contributed by atoms with van der Waals surface area (Å²) in [6.45, 7) is 3.54. The second-order valence-electron chi connectivity index (χ2n) is 4.32. The normalized spacial score (nSPS) is 10.6. The zero-order chi connectivity index (χ0) is 16.1. The fourth-order valence-electron chi connectivity index (χ4n) is 1.87. The molecule has 0 fully saturated rings. The quantitative estimate of drug-likeness (QED) is 0.678. The molecule has 0 saturated heterocycles. The third-order valence-electron chi connectivity index (χ3n) is 3.00. The van der Waals surface area contributed by atoms with Crippen molar-refractivity contribution in [3.8, 4) is 0 Å². The number of carbonyl (C=O) groups excluding carboxylic acids is 1. The van der Waals surface area contributed by atoms with E-state index < -0.39 is 4.92 Å². The van der Waals surface area contributed by atoms with Crippen LogP contribution in [0.5, 0.6) is 0 Å². The highest BCUT2D eigenvalue weighted by molar-refractivity contribution is 5.94. The minimum Gasteiger partial charge on any atom is -0.358 e. The predicted octanol–water partition coefficient (Wildman–Crippen LogP) is 2.42. The van der Waals surface area contributed by atoms with Gasteiger partial charge < -0.3 is 15.4 Å². The first kappa shape index (κ1) is 15.2. The highest BCUT2D eigenvalue weighted by Crippen LogP contribution is 2.16. The molecule has 1 aromatic heterocycles. The van der Waals surface area contributed by atoms with Crippen LogP contribution < -0.4 is 5.32 Å². The van der Waals surface area contributed by atoms with Crippen molar-refractivity contribution in [2.45, 2.75) is 0 Å². The van der Waals surface area contributed by atoms with Gasteiger partial charge in [0, 0.05) is 18.7 Å². The van der Waals surface area contributed by atoms with Gasteiger partial charge in [-0.25, -0.2) is 4.98 Å². The molecule has 0 bridgehead atoms. The van der Waals surface area contributed by atoms with Gasteiger partial charge in [0.15, 0.2) is 0 Å². The Kier molecular flexibility index (Phi) is 4.47. The van der Waals surface area contributed by atoms with E-state index in [9.17, 15) is 14.9 Å². The number of rotatable bonds is 5. The Balaban J connectivity index is 2.24. The lowest BCUT2D eigenvalue weighted by atomic mass is 10.1. The molecule has 0 atom stereocenters. The number of imidazole rings is 1. The lowest BCUT2D eigenvalue weighted by Gasteiger charge is -1.99. The van der Waals surface area contributed by atoms with Crippen LogP contribution in [0.25, 0.3) is 18.4 Å². The second kappa shape index (κ2) is 6.49. The number of nitrogens with zero attached hydrogens (tertiary/aromatic N) is 3. The molecule has 0 aliphatic heterocycles. The molecule has 22 heavy (non-hydrogen) atoms. The van der Waals surface area contributed by atoms with Crippen molar-refractivity contribution in [2.24, 2.45) is 0 Å². The summed E-state index contributed by atoms with van der Waals surface area (Å²) < 4.78 is 1.29. The van der Waals surface area contributed by atoms with Crippen LogP contribution in [-0.4, -0.2) is 27.4 Å². The second-order valence-corrected chi connectivity index (χ2v) is 4.32. The zero-order valence-electron chi connectivity index (χ0n) is 11.9. The van der Waals surface area contributed by atoms with E-state index in [0.29, 0.717) is 11.4 Å². The summed E-state index contributed by atoms with van der Waals surface area (Å²) >= 11 is 0. The molecule has 1 aromatic carbocycles. The molecule has 0 unspecified atom stereocenters. The van der Waals surface area contributed by atoms with Crippen LogP contribution in [0.15, 0.2) is 37.0 Å². The molecule has 0 aliphatic carbocycles. The molecule has 7 heteroatoms. The van der Waals surface area contributed by atoms with Crippen LogP contribution >= 0.6 is 0 Å². The maximum atomic E-state index is 11.4. The lowest BCUT2D eigenvalue weighted by Crippen LogP contribution is -2.17. The molecule has 0 spiro atoms. The van der Waals surface area contributed by atoms with Gasteiger partial charge in [-0.3, -0.25) is 4.79 Å². The standard InChI is InChI=1S/C15H14N4O3/c1-3-18-13(17-10-14(18)19(21)22)9-6-11-4-7-12(8-5-11)15(20)16-2/h3-10H,1H2,2H3,(H,16,20)/b9-6+. The minimum atomic E-state index is -0.524. The third-order valence-corrected chi connectivity index (χ3v) is 3.00. The van der Waals surface area contributed by atoms with Crippen molar-refractivity contribution >= 4 is 30.1 Å². The van der Waals surface area contributed by atoms with Crippen LogP contribution in [0.4, 0.5) is 5.82 Å². The van der Waals surface area contributed by atoms with Crippen LogP contribution in [0.1, 0.15) is 21.7 Å². The Morgan fingerprint density at radius 3 is 2.59 bits per heavy atom. The van der Waals surface area contributed by atoms with Crippen molar-refractivity contribution in [3.05, 3.63) is 64.1 Å². The lowest BCUT2D eigenvalue weighted by molar-refractivity contribution is -0.390. The highest BCUT2D eigenvalue weighted by atomic mass is 16.6. The number of nitrogens with one attached hydrogen (secondary N) is 1. The van der Waals surface area contributed by atoms with Crippen molar-refractivity contribution < 1.29 is 9.72 Å². The van der Waals surface area contributed by atoms with E-state index in [2.05, 4.69) is 16.9 Å². The molecule has 7 nitrogen and oxygen atoms in total. The molecule has 0 aliphatic rings. The molecule has 0 saturated carbocycles. The molecule has 1 heterocycles. The van der Waals surface area contributed by atoms with Gasteiger partial charge in [0.05, 0.1) is 6.20 Å². The first-order valence-corrected chi connectivity index (χ1v) is 6.41. The van der Waals surface area contributed by atoms with E-state index in [-0.39, 0.29) is 11.7 Å². The number of amides is 1. The van der Waals surface area contributed by atoms with Gasteiger partial charge >= 0.3 is 5.82 Å². The van der Waals surface area contributed by atoms with Crippen LogP contribution in [0.2, 0.25) is 0 Å². The fraction of sp³-hybridized carbons (Fsp3) is 0.0667. The summed E-state index contributed by atoms with van der Waals surface area (Å²) in [4.78, 5) is 25.7. The first-order chi connectivity index (χ1) is 10.6. The average Bonchev–Trinajstić information content (AvgIpc) is 2.95. The van der Waals surface area contributed by atoms with E-state index >= 15 is 0 Å². The summed E-state index contributed by atoms with van der Waals surface area (Å²) in [6.07, 6.45) is 5.90. The topological polar surface area (TPSA) is 90.1 Å². The van der Waals surface area contributed by atoms with Gasteiger partial charge in [-0.1, -0.05) is 18.7 Å². The van der Waals surface area contributed by atoms with Gasteiger partial charge in [0.1, 0.15) is 6.20 Å². The molecule has 0 radical (unpaired) electrons. The predicted molar refractivity (Wildman–Crippen MR) is 84.0 cm³/mol. The van der Waals surface area contributed by atoms with E-state index in [1.54, 1.807) is 43.5 Å². The Morgan fingerprint density at radius 2 is 2.05 bits per heavy atom. The third kappa shape index (κ3) is 3.09. The maximum absolute atomic E-state index is 11.4. The van der Waals surface area contributed by atoms with E-state index in [1.807, 2.05) is 0 Å². The fourth-order valence-corrected chi connectivity index (χ4v) is 1.87. The number of aromatic nitrogens is 2. The molecular weight excluding hydrogens is 284 g/mol. The molecule has 1 N–H and O–H groups in total. The monoisotopic (exact) mass is 298 g/mol. The van der Waals surface area contributed by atoms with Crippen LogP contribution in [0, 0.1) is 10.1 Å². The van der Waals surface area contributed by atoms with Crippen molar-refractivity contribution in [1.82, 2.24) is 14.9 Å². The number of benzene rings is 1. The zero-order valence-corrected chi connectivity index (χ0v) is 11.9. The summed E-state index contributed by atoms with van der Waals surface area (Å²) in [7, 11) is 1.57. The Morgan fingerprint density at radius 1 is 1.36 bits per heavy atom. The van der Waals surface area contributed by atoms with Crippen molar-refractivity contribution in [3.63, 3.8) is 0 Å². The largest absolute Gasteiger partial charge is 0.358 e. The molecule has 1 amide bonds. The van der Waals surface area contributed by atoms with Crippen LogP contribution in [-0.2, 0) is 0 Å². The van der Waals surface area contributed by atoms with Crippen molar-refractivity contribution in [2.75, 3.05) is 7.05 Å². The van der Waals surface area contributed by atoms with Gasteiger partial charge in [0.25, 0.3) is 5.91 Å². The number of nitro groups is 1. The first-order valence-electron chi connectivity index (χ1n) is 6.41. The molecule has 2 aromatic rings.